The van der Waals surface area contributed by atoms with Gasteiger partial charge in [0.2, 0.25) is 0 Å². The highest BCUT2D eigenvalue weighted by molar-refractivity contribution is 9.10. The van der Waals surface area contributed by atoms with Gasteiger partial charge in [-0.2, -0.15) is 0 Å². The maximum Gasteiger partial charge on any atom is 0.339 e. The van der Waals surface area contributed by atoms with Crippen LogP contribution in [0.25, 0.3) is 0 Å². The second-order valence-electron chi connectivity index (χ2n) is 3.60. The van der Waals surface area contributed by atoms with Crippen LogP contribution in [0.5, 0.6) is 0 Å². The first-order valence-corrected chi connectivity index (χ1v) is 5.87. The van der Waals surface area contributed by atoms with Crippen LogP contribution in [0.3, 0.4) is 0 Å². The number of carbonyl (C=O) groups is 1. The standard InChI is InChI=1S/C12H7BrF2N2O2/c13-6-1-2-9(15)10(3-6)17-11-8(12(18)19)4-7(14)5-16-11/h1-5H,(H,16,17)(H,18,19). The average molecular weight is 329 g/mol. The van der Waals surface area contributed by atoms with E-state index in [-0.39, 0.29) is 17.1 Å². The summed E-state index contributed by atoms with van der Waals surface area (Å²) in [6.45, 7) is 0. The Labute approximate surface area is 115 Å². The molecule has 2 N–H and O–H groups in total. The van der Waals surface area contributed by atoms with Gasteiger partial charge < -0.3 is 10.4 Å². The maximum atomic E-state index is 13.5. The first kappa shape index (κ1) is 13.4. The summed E-state index contributed by atoms with van der Waals surface area (Å²) in [5, 5.41) is 11.5. The SMILES string of the molecule is O=C(O)c1cc(F)cnc1Nc1cc(Br)ccc1F. The topological polar surface area (TPSA) is 62.2 Å². The summed E-state index contributed by atoms with van der Waals surface area (Å²) in [6.07, 6.45) is 0.852. The molecule has 0 unspecified atom stereocenters. The summed E-state index contributed by atoms with van der Waals surface area (Å²) in [7, 11) is 0. The Morgan fingerprint density at radius 1 is 1.32 bits per heavy atom. The molecular formula is C12H7BrF2N2O2. The van der Waals surface area contributed by atoms with Crippen molar-refractivity contribution in [3.05, 3.63) is 52.1 Å². The molecule has 1 aromatic carbocycles. The van der Waals surface area contributed by atoms with Crippen molar-refractivity contribution in [3.8, 4) is 0 Å². The van der Waals surface area contributed by atoms with Gasteiger partial charge in [-0.3, -0.25) is 0 Å². The van der Waals surface area contributed by atoms with Gasteiger partial charge >= 0.3 is 5.97 Å². The zero-order valence-corrected chi connectivity index (χ0v) is 10.9. The minimum atomic E-state index is -1.36. The Morgan fingerprint density at radius 3 is 2.74 bits per heavy atom. The van der Waals surface area contributed by atoms with E-state index in [0.29, 0.717) is 4.47 Å². The van der Waals surface area contributed by atoms with Gasteiger partial charge in [0.15, 0.2) is 0 Å². The van der Waals surface area contributed by atoms with Crippen LogP contribution in [0.2, 0.25) is 0 Å². The fourth-order valence-electron chi connectivity index (χ4n) is 1.42. The van der Waals surface area contributed by atoms with Crippen LogP contribution in [0.4, 0.5) is 20.3 Å². The normalized spacial score (nSPS) is 10.3. The summed E-state index contributed by atoms with van der Waals surface area (Å²) < 4.78 is 27.1. The van der Waals surface area contributed by atoms with E-state index in [1.54, 1.807) is 0 Å². The number of aromatic carboxylic acids is 1. The van der Waals surface area contributed by atoms with Gasteiger partial charge in [-0.05, 0) is 24.3 Å². The number of benzene rings is 1. The average Bonchev–Trinajstić information content (AvgIpc) is 2.35. The number of carboxylic acid groups (broad SMARTS) is 1. The molecule has 0 amide bonds. The molecule has 4 nitrogen and oxygen atoms in total. The van der Waals surface area contributed by atoms with Gasteiger partial charge in [-0.25, -0.2) is 18.6 Å². The molecule has 0 bridgehead atoms. The van der Waals surface area contributed by atoms with E-state index < -0.39 is 17.6 Å². The first-order valence-electron chi connectivity index (χ1n) is 5.08. The fraction of sp³-hybridized carbons (Fsp3) is 0. The molecule has 0 radical (unpaired) electrons. The smallest absolute Gasteiger partial charge is 0.339 e. The molecule has 0 fully saturated rings. The Bertz CT molecular complexity index is 650. The van der Waals surface area contributed by atoms with Crippen molar-refractivity contribution < 1.29 is 18.7 Å². The number of hydrogen-bond acceptors (Lipinski definition) is 3. The van der Waals surface area contributed by atoms with Crippen LogP contribution < -0.4 is 5.32 Å². The van der Waals surface area contributed by atoms with E-state index >= 15 is 0 Å². The Kier molecular flexibility index (Phi) is 3.75. The molecule has 2 rings (SSSR count). The second-order valence-corrected chi connectivity index (χ2v) is 4.52. The molecule has 1 heterocycles. The summed E-state index contributed by atoms with van der Waals surface area (Å²) in [5.74, 6) is -2.85. The van der Waals surface area contributed by atoms with E-state index in [2.05, 4.69) is 26.2 Å². The molecule has 2 aromatic rings. The summed E-state index contributed by atoms with van der Waals surface area (Å²) in [4.78, 5) is 14.6. The molecule has 1 aromatic heterocycles. The number of aromatic nitrogens is 1. The first-order chi connectivity index (χ1) is 8.97. The Hall–Kier alpha value is -2.02. The van der Waals surface area contributed by atoms with Crippen molar-refractivity contribution in [1.82, 2.24) is 4.98 Å². The van der Waals surface area contributed by atoms with Crippen LogP contribution in [-0.2, 0) is 0 Å². The van der Waals surface area contributed by atoms with E-state index in [9.17, 15) is 13.6 Å². The second kappa shape index (κ2) is 5.31. The lowest BCUT2D eigenvalue weighted by molar-refractivity contribution is 0.0697. The lowest BCUT2D eigenvalue weighted by Gasteiger charge is -2.09. The number of anilines is 2. The lowest BCUT2D eigenvalue weighted by Crippen LogP contribution is -2.06. The number of carboxylic acids is 1. The third-order valence-corrected chi connectivity index (χ3v) is 2.76. The van der Waals surface area contributed by atoms with Crippen LogP contribution in [0.15, 0.2) is 34.9 Å². The van der Waals surface area contributed by atoms with Crippen molar-refractivity contribution >= 4 is 33.4 Å². The zero-order valence-electron chi connectivity index (χ0n) is 9.32. The third-order valence-electron chi connectivity index (χ3n) is 2.27. The Balaban J connectivity index is 2.43. The van der Waals surface area contributed by atoms with Crippen LogP contribution in [0.1, 0.15) is 10.4 Å². The lowest BCUT2D eigenvalue weighted by atomic mass is 10.2. The molecule has 0 aliphatic heterocycles. The van der Waals surface area contributed by atoms with Gasteiger partial charge in [0, 0.05) is 4.47 Å². The van der Waals surface area contributed by atoms with Gasteiger partial charge in [0.25, 0.3) is 0 Å². The Morgan fingerprint density at radius 2 is 2.05 bits per heavy atom. The predicted molar refractivity (Wildman–Crippen MR) is 68.5 cm³/mol. The predicted octanol–water partition coefficient (Wildman–Crippen LogP) is 3.56. The quantitative estimate of drug-likeness (QED) is 0.904. The van der Waals surface area contributed by atoms with Gasteiger partial charge in [0.05, 0.1) is 11.9 Å². The molecule has 7 heteroatoms. The van der Waals surface area contributed by atoms with Gasteiger partial charge in [0.1, 0.15) is 23.0 Å². The number of rotatable bonds is 3. The van der Waals surface area contributed by atoms with Crippen molar-refractivity contribution in [3.63, 3.8) is 0 Å². The van der Waals surface area contributed by atoms with Crippen LogP contribution in [-0.4, -0.2) is 16.1 Å². The fourth-order valence-corrected chi connectivity index (χ4v) is 1.78. The number of pyridine rings is 1. The summed E-state index contributed by atoms with van der Waals surface area (Å²) in [5.41, 5.74) is -0.338. The van der Waals surface area contributed by atoms with Crippen molar-refractivity contribution in [1.29, 1.82) is 0 Å². The highest BCUT2D eigenvalue weighted by Gasteiger charge is 2.14. The molecule has 98 valence electrons. The summed E-state index contributed by atoms with van der Waals surface area (Å²) >= 11 is 3.17. The third kappa shape index (κ3) is 3.05. The molecule has 0 aliphatic carbocycles. The number of halogens is 3. The minimum absolute atomic E-state index is 0.0379. The monoisotopic (exact) mass is 328 g/mol. The minimum Gasteiger partial charge on any atom is -0.478 e. The molecule has 0 saturated heterocycles. The number of hydrogen-bond donors (Lipinski definition) is 2. The van der Waals surface area contributed by atoms with Crippen LogP contribution in [0, 0.1) is 11.6 Å². The van der Waals surface area contributed by atoms with Gasteiger partial charge in [-0.15, -0.1) is 0 Å². The van der Waals surface area contributed by atoms with Crippen molar-refractivity contribution in [2.75, 3.05) is 5.32 Å². The van der Waals surface area contributed by atoms with Crippen molar-refractivity contribution in [2.45, 2.75) is 0 Å². The zero-order chi connectivity index (χ0) is 14.0. The van der Waals surface area contributed by atoms with Gasteiger partial charge in [-0.1, -0.05) is 15.9 Å². The summed E-state index contributed by atoms with van der Waals surface area (Å²) in [6, 6.07) is 4.94. The van der Waals surface area contributed by atoms with E-state index in [0.717, 1.165) is 12.3 Å². The number of nitrogens with zero attached hydrogens (tertiary/aromatic N) is 1. The highest BCUT2D eigenvalue weighted by atomic mass is 79.9. The molecule has 0 atom stereocenters. The highest BCUT2D eigenvalue weighted by Crippen LogP contribution is 2.25. The molecule has 0 spiro atoms. The molecular weight excluding hydrogens is 322 g/mol. The molecule has 19 heavy (non-hydrogen) atoms. The van der Waals surface area contributed by atoms with Crippen molar-refractivity contribution in [2.24, 2.45) is 0 Å². The van der Waals surface area contributed by atoms with E-state index in [1.807, 2.05) is 0 Å². The van der Waals surface area contributed by atoms with Crippen LogP contribution >= 0.6 is 15.9 Å². The largest absolute Gasteiger partial charge is 0.478 e. The number of nitrogens with one attached hydrogen (secondary N) is 1. The van der Waals surface area contributed by atoms with E-state index in [1.165, 1.54) is 18.2 Å². The molecule has 0 aliphatic rings. The maximum absolute atomic E-state index is 13.5. The molecule has 0 saturated carbocycles. The van der Waals surface area contributed by atoms with E-state index in [4.69, 9.17) is 5.11 Å².